The monoisotopic (exact) mass is 315 g/mol. The van der Waals surface area contributed by atoms with Crippen molar-refractivity contribution in [2.24, 2.45) is 17.8 Å². The molecule has 0 spiro atoms. The van der Waals surface area contributed by atoms with E-state index in [0.29, 0.717) is 18.4 Å². The summed E-state index contributed by atoms with van der Waals surface area (Å²) in [6, 6.07) is 10.1. The molecule has 3 unspecified atom stereocenters. The summed E-state index contributed by atoms with van der Waals surface area (Å²) in [4.78, 5) is 12.2. The van der Waals surface area contributed by atoms with E-state index in [9.17, 15) is 4.79 Å². The lowest BCUT2D eigenvalue weighted by Crippen LogP contribution is -2.62. The Balaban J connectivity index is 1.35. The zero-order valence-corrected chi connectivity index (χ0v) is 13.7. The van der Waals surface area contributed by atoms with Gasteiger partial charge < -0.3 is 14.8 Å². The molecule has 4 bridgehead atoms. The van der Waals surface area contributed by atoms with E-state index in [4.69, 9.17) is 9.47 Å². The van der Waals surface area contributed by atoms with Crippen molar-refractivity contribution < 1.29 is 14.3 Å². The third-order valence-electron chi connectivity index (χ3n) is 6.15. The molecule has 1 aromatic carbocycles. The molecule has 0 saturated heterocycles. The zero-order valence-electron chi connectivity index (χ0n) is 13.7. The number of carbonyl (C=O) groups is 1. The Hall–Kier alpha value is -1.55. The number of rotatable bonds is 4. The van der Waals surface area contributed by atoms with Gasteiger partial charge in [-0.15, -0.1) is 0 Å². The van der Waals surface area contributed by atoms with E-state index in [1.807, 2.05) is 37.4 Å². The number of ether oxygens (including phenoxy) is 2. The van der Waals surface area contributed by atoms with Crippen LogP contribution in [0, 0.1) is 17.8 Å². The molecule has 1 aromatic rings. The van der Waals surface area contributed by atoms with Crippen molar-refractivity contribution >= 4 is 6.09 Å². The molecule has 1 N–H and O–H groups in total. The van der Waals surface area contributed by atoms with Crippen LogP contribution in [0.1, 0.15) is 37.7 Å². The van der Waals surface area contributed by atoms with Gasteiger partial charge in [-0.1, -0.05) is 30.3 Å². The van der Waals surface area contributed by atoms with E-state index in [1.54, 1.807) is 0 Å². The highest BCUT2D eigenvalue weighted by molar-refractivity contribution is 5.67. The van der Waals surface area contributed by atoms with Crippen molar-refractivity contribution in [2.45, 2.75) is 50.4 Å². The smallest absolute Gasteiger partial charge is 0.407 e. The third kappa shape index (κ3) is 2.85. The number of alkyl carbamates (subject to hydrolysis) is 1. The van der Waals surface area contributed by atoms with Gasteiger partial charge in [-0.05, 0) is 55.4 Å². The molecule has 124 valence electrons. The zero-order chi connectivity index (χ0) is 15.9. The third-order valence-corrected chi connectivity index (χ3v) is 6.15. The van der Waals surface area contributed by atoms with Crippen molar-refractivity contribution in [3.63, 3.8) is 0 Å². The SMILES string of the molecule is COC12CC3C[C@H](C1)C(NC(=O)OCc1ccccc1)[C@@H](C3)C2. The van der Waals surface area contributed by atoms with Crippen LogP contribution >= 0.6 is 0 Å². The summed E-state index contributed by atoms with van der Waals surface area (Å²) < 4.78 is 11.3. The normalized spacial score (nSPS) is 37.6. The fraction of sp³-hybridized carbons (Fsp3) is 0.632. The molecule has 5 atom stereocenters. The number of benzene rings is 1. The van der Waals surface area contributed by atoms with Crippen LogP contribution in [0.4, 0.5) is 4.79 Å². The quantitative estimate of drug-likeness (QED) is 0.925. The van der Waals surface area contributed by atoms with Crippen molar-refractivity contribution in [1.29, 1.82) is 0 Å². The average molecular weight is 315 g/mol. The van der Waals surface area contributed by atoms with Gasteiger partial charge in [0.2, 0.25) is 0 Å². The molecule has 4 nitrogen and oxygen atoms in total. The van der Waals surface area contributed by atoms with Crippen LogP contribution in [-0.2, 0) is 16.1 Å². The molecule has 4 saturated carbocycles. The topological polar surface area (TPSA) is 47.6 Å². The summed E-state index contributed by atoms with van der Waals surface area (Å²) in [5, 5.41) is 3.16. The van der Waals surface area contributed by atoms with Crippen molar-refractivity contribution in [3.8, 4) is 0 Å². The average Bonchev–Trinajstić information content (AvgIpc) is 2.57. The lowest BCUT2D eigenvalue weighted by molar-refractivity contribution is -0.156. The van der Waals surface area contributed by atoms with Gasteiger partial charge in [0.05, 0.1) is 5.60 Å². The molecule has 4 aliphatic rings. The maximum atomic E-state index is 12.2. The number of methoxy groups -OCH3 is 1. The van der Waals surface area contributed by atoms with E-state index in [1.165, 1.54) is 19.3 Å². The summed E-state index contributed by atoms with van der Waals surface area (Å²) in [7, 11) is 1.85. The molecule has 23 heavy (non-hydrogen) atoms. The largest absolute Gasteiger partial charge is 0.445 e. The summed E-state index contributed by atoms with van der Waals surface area (Å²) in [5.74, 6) is 1.88. The van der Waals surface area contributed by atoms with Gasteiger partial charge in [0.25, 0.3) is 0 Å². The number of amides is 1. The molecule has 4 heteroatoms. The predicted molar refractivity (Wildman–Crippen MR) is 86.8 cm³/mol. The summed E-state index contributed by atoms with van der Waals surface area (Å²) in [6.07, 6.45) is 5.55. The Morgan fingerprint density at radius 2 is 1.87 bits per heavy atom. The van der Waals surface area contributed by atoms with E-state index < -0.39 is 0 Å². The van der Waals surface area contributed by atoms with Crippen LogP contribution in [-0.4, -0.2) is 24.8 Å². The van der Waals surface area contributed by atoms with Gasteiger partial charge in [0, 0.05) is 13.2 Å². The van der Waals surface area contributed by atoms with Gasteiger partial charge in [-0.3, -0.25) is 0 Å². The van der Waals surface area contributed by atoms with Crippen molar-refractivity contribution in [3.05, 3.63) is 35.9 Å². The van der Waals surface area contributed by atoms with Gasteiger partial charge in [-0.2, -0.15) is 0 Å². The second kappa shape index (κ2) is 5.82. The highest BCUT2D eigenvalue weighted by Gasteiger charge is 2.56. The molecule has 0 radical (unpaired) electrons. The minimum atomic E-state index is -0.280. The number of hydrogen-bond donors (Lipinski definition) is 1. The molecule has 0 aliphatic heterocycles. The molecule has 4 aliphatic carbocycles. The van der Waals surface area contributed by atoms with Crippen LogP contribution in [0.25, 0.3) is 0 Å². The van der Waals surface area contributed by atoms with Crippen LogP contribution in [0.5, 0.6) is 0 Å². The molecular formula is C19H25NO3. The Morgan fingerprint density at radius 1 is 1.17 bits per heavy atom. The lowest BCUT2D eigenvalue weighted by Gasteiger charge is -2.59. The van der Waals surface area contributed by atoms with Crippen LogP contribution < -0.4 is 5.32 Å². The standard InChI is InChI=1S/C19H25NO3/c1-22-19-9-14-7-15(10-19)17(16(8-14)11-19)20-18(21)23-12-13-5-3-2-4-6-13/h2-6,14-17H,7-12H2,1H3,(H,20,21)/t14?,15-,16+,17?,19?. The van der Waals surface area contributed by atoms with Crippen LogP contribution in [0.3, 0.4) is 0 Å². The Kier molecular flexibility index (Phi) is 3.80. The summed E-state index contributed by atoms with van der Waals surface area (Å²) in [5.41, 5.74) is 1.11. The van der Waals surface area contributed by atoms with E-state index in [-0.39, 0.29) is 17.7 Å². The number of carbonyl (C=O) groups excluding carboxylic acids is 1. The summed E-state index contributed by atoms with van der Waals surface area (Å²) >= 11 is 0. The Bertz CT molecular complexity index is 557. The van der Waals surface area contributed by atoms with Gasteiger partial charge >= 0.3 is 6.09 Å². The summed E-state index contributed by atoms with van der Waals surface area (Å²) in [6.45, 7) is 0.333. The van der Waals surface area contributed by atoms with Crippen LogP contribution in [0.15, 0.2) is 30.3 Å². The van der Waals surface area contributed by atoms with E-state index in [2.05, 4.69) is 5.32 Å². The van der Waals surface area contributed by atoms with Gasteiger partial charge in [-0.25, -0.2) is 4.79 Å². The highest BCUT2D eigenvalue weighted by atomic mass is 16.5. The lowest BCUT2D eigenvalue weighted by atomic mass is 9.52. The molecule has 4 fully saturated rings. The second-order valence-electron chi connectivity index (χ2n) is 7.59. The minimum absolute atomic E-state index is 0.0859. The van der Waals surface area contributed by atoms with Crippen molar-refractivity contribution in [1.82, 2.24) is 5.32 Å². The molecule has 0 heterocycles. The highest BCUT2D eigenvalue weighted by Crippen LogP contribution is 2.56. The van der Waals surface area contributed by atoms with Crippen LogP contribution in [0.2, 0.25) is 0 Å². The second-order valence-corrected chi connectivity index (χ2v) is 7.59. The molecule has 1 amide bonds. The first-order valence-corrected chi connectivity index (χ1v) is 8.70. The van der Waals surface area contributed by atoms with Gasteiger partial charge in [0.15, 0.2) is 0 Å². The van der Waals surface area contributed by atoms with E-state index >= 15 is 0 Å². The predicted octanol–water partition coefficient (Wildman–Crippen LogP) is 3.51. The number of hydrogen-bond acceptors (Lipinski definition) is 3. The minimum Gasteiger partial charge on any atom is -0.445 e. The first-order valence-electron chi connectivity index (χ1n) is 8.70. The number of nitrogens with one attached hydrogen (secondary N) is 1. The van der Waals surface area contributed by atoms with Gasteiger partial charge in [0.1, 0.15) is 6.61 Å². The first-order chi connectivity index (χ1) is 11.2. The fourth-order valence-corrected chi connectivity index (χ4v) is 5.34. The van der Waals surface area contributed by atoms with Crippen molar-refractivity contribution in [2.75, 3.05) is 7.11 Å². The Morgan fingerprint density at radius 3 is 2.52 bits per heavy atom. The Labute approximate surface area is 137 Å². The molecule has 0 aromatic heterocycles. The molecular weight excluding hydrogens is 290 g/mol. The first kappa shape index (κ1) is 15.0. The maximum Gasteiger partial charge on any atom is 0.407 e. The molecule has 5 rings (SSSR count). The fourth-order valence-electron chi connectivity index (χ4n) is 5.34. The van der Waals surface area contributed by atoms with E-state index in [0.717, 1.165) is 24.3 Å². The maximum absolute atomic E-state index is 12.2.